The van der Waals surface area contributed by atoms with Gasteiger partial charge in [0, 0.05) is 12.6 Å². The van der Waals surface area contributed by atoms with Crippen molar-refractivity contribution in [1.82, 2.24) is 10.2 Å². The molecule has 0 spiro atoms. The van der Waals surface area contributed by atoms with Crippen molar-refractivity contribution in [1.29, 1.82) is 0 Å². The molecule has 134 valence electrons. The van der Waals surface area contributed by atoms with Crippen LogP contribution in [0.15, 0.2) is 29.3 Å². The van der Waals surface area contributed by atoms with Crippen LogP contribution in [0.25, 0.3) is 0 Å². The standard InChI is InChI=1S/C19H32N4O/c1-23(2)13-6-14-24-18-11-9-16(10-12-18)15-21-19(20)22-17-7-4-3-5-8-17/h9-12,17H,3-8,13-15H2,1-2H3,(H3,20,21,22). The van der Waals surface area contributed by atoms with E-state index in [0.717, 1.165) is 30.9 Å². The van der Waals surface area contributed by atoms with Crippen LogP contribution < -0.4 is 15.8 Å². The summed E-state index contributed by atoms with van der Waals surface area (Å²) in [6.45, 7) is 2.39. The second-order valence-electron chi connectivity index (χ2n) is 6.83. The highest BCUT2D eigenvalue weighted by atomic mass is 16.5. The first kappa shape index (κ1) is 18.6. The van der Waals surface area contributed by atoms with E-state index in [4.69, 9.17) is 10.5 Å². The molecule has 1 saturated carbocycles. The lowest BCUT2D eigenvalue weighted by Crippen LogP contribution is -2.41. The fourth-order valence-electron chi connectivity index (χ4n) is 2.94. The van der Waals surface area contributed by atoms with Gasteiger partial charge in [0.2, 0.25) is 0 Å². The van der Waals surface area contributed by atoms with Gasteiger partial charge in [0.15, 0.2) is 5.96 Å². The van der Waals surface area contributed by atoms with Crippen molar-refractivity contribution in [3.63, 3.8) is 0 Å². The molecule has 0 amide bonds. The number of nitrogens with zero attached hydrogens (tertiary/aromatic N) is 2. The minimum Gasteiger partial charge on any atom is -0.494 e. The third kappa shape index (κ3) is 7.21. The van der Waals surface area contributed by atoms with Crippen molar-refractivity contribution < 1.29 is 4.74 Å². The van der Waals surface area contributed by atoms with Crippen molar-refractivity contribution in [2.75, 3.05) is 27.2 Å². The smallest absolute Gasteiger partial charge is 0.189 e. The zero-order valence-corrected chi connectivity index (χ0v) is 15.1. The van der Waals surface area contributed by atoms with E-state index in [0.29, 0.717) is 18.5 Å². The third-order valence-corrected chi connectivity index (χ3v) is 4.33. The van der Waals surface area contributed by atoms with Gasteiger partial charge in [-0.25, -0.2) is 4.99 Å². The first-order valence-electron chi connectivity index (χ1n) is 9.06. The molecule has 0 atom stereocenters. The maximum Gasteiger partial charge on any atom is 0.189 e. The highest BCUT2D eigenvalue weighted by molar-refractivity contribution is 5.78. The van der Waals surface area contributed by atoms with E-state index >= 15 is 0 Å². The quantitative estimate of drug-likeness (QED) is 0.436. The van der Waals surface area contributed by atoms with Gasteiger partial charge in [0.05, 0.1) is 13.2 Å². The SMILES string of the molecule is CN(C)CCCOc1ccc(CN=C(N)NC2CCCCC2)cc1. The number of nitrogens with two attached hydrogens (primary N) is 1. The summed E-state index contributed by atoms with van der Waals surface area (Å²) in [4.78, 5) is 6.61. The lowest BCUT2D eigenvalue weighted by atomic mass is 9.96. The van der Waals surface area contributed by atoms with E-state index in [1.54, 1.807) is 0 Å². The van der Waals surface area contributed by atoms with E-state index in [1.165, 1.54) is 32.1 Å². The lowest BCUT2D eigenvalue weighted by Gasteiger charge is -2.23. The summed E-state index contributed by atoms with van der Waals surface area (Å²) in [5.41, 5.74) is 7.14. The topological polar surface area (TPSA) is 62.9 Å². The van der Waals surface area contributed by atoms with Gasteiger partial charge in [-0.3, -0.25) is 0 Å². The Kier molecular flexibility index (Phi) is 7.89. The molecule has 0 saturated heterocycles. The van der Waals surface area contributed by atoms with Crippen molar-refractivity contribution in [2.45, 2.75) is 51.1 Å². The maximum atomic E-state index is 6.00. The fourth-order valence-corrected chi connectivity index (χ4v) is 2.94. The number of rotatable bonds is 8. The molecule has 2 rings (SSSR count). The molecule has 1 aromatic carbocycles. The highest BCUT2D eigenvalue weighted by Crippen LogP contribution is 2.17. The van der Waals surface area contributed by atoms with Gasteiger partial charge >= 0.3 is 0 Å². The monoisotopic (exact) mass is 332 g/mol. The number of guanidine groups is 1. The number of aliphatic imine (C=N–C) groups is 1. The summed E-state index contributed by atoms with van der Waals surface area (Å²) in [7, 11) is 4.15. The molecule has 0 radical (unpaired) electrons. The average molecular weight is 332 g/mol. The van der Waals surface area contributed by atoms with Crippen LogP contribution in [0.5, 0.6) is 5.75 Å². The first-order chi connectivity index (χ1) is 11.6. The molecule has 1 fully saturated rings. The molecule has 1 aliphatic carbocycles. The Hall–Kier alpha value is -1.75. The van der Waals surface area contributed by atoms with Crippen LogP contribution in [0, 0.1) is 0 Å². The maximum absolute atomic E-state index is 6.00. The molecule has 0 aliphatic heterocycles. The minimum absolute atomic E-state index is 0.500. The zero-order chi connectivity index (χ0) is 17.2. The van der Waals surface area contributed by atoms with Crippen LogP contribution in [-0.2, 0) is 6.54 Å². The second kappa shape index (κ2) is 10.2. The van der Waals surface area contributed by atoms with E-state index < -0.39 is 0 Å². The Labute approximate surface area is 146 Å². The van der Waals surface area contributed by atoms with Gasteiger partial charge in [-0.1, -0.05) is 31.4 Å². The number of hydrogen-bond acceptors (Lipinski definition) is 3. The number of benzene rings is 1. The molecule has 1 aromatic rings. The van der Waals surface area contributed by atoms with Gasteiger partial charge in [-0.2, -0.15) is 0 Å². The van der Waals surface area contributed by atoms with Crippen LogP contribution in [0.4, 0.5) is 0 Å². The molecule has 5 heteroatoms. The van der Waals surface area contributed by atoms with Crippen molar-refractivity contribution in [2.24, 2.45) is 10.7 Å². The molecule has 3 N–H and O–H groups in total. The summed E-state index contributed by atoms with van der Waals surface area (Å²) >= 11 is 0. The molecular formula is C19H32N4O. The van der Waals surface area contributed by atoms with Crippen LogP contribution in [0.2, 0.25) is 0 Å². The molecule has 0 bridgehead atoms. The predicted molar refractivity (Wildman–Crippen MR) is 100 cm³/mol. The van der Waals surface area contributed by atoms with E-state index in [1.807, 2.05) is 12.1 Å². The summed E-state index contributed by atoms with van der Waals surface area (Å²) in [5.74, 6) is 1.47. The Bertz CT molecular complexity index is 493. The lowest BCUT2D eigenvalue weighted by molar-refractivity contribution is 0.281. The van der Waals surface area contributed by atoms with E-state index in [2.05, 4.69) is 41.4 Å². The van der Waals surface area contributed by atoms with Gasteiger partial charge in [-0.15, -0.1) is 0 Å². The Balaban J connectivity index is 1.71. The van der Waals surface area contributed by atoms with Gasteiger partial charge in [-0.05, 0) is 51.1 Å². The van der Waals surface area contributed by atoms with Gasteiger partial charge in [0.25, 0.3) is 0 Å². The van der Waals surface area contributed by atoms with Crippen LogP contribution >= 0.6 is 0 Å². The number of ether oxygens (including phenoxy) is 1. The Morgan fingerprint density at radius 1 is 1.21 bits per heavy atom. The number of hydrogen-bond donors (Lipinski definition) is 2. The highest BCUT2D eigenvalue weighted by Gasteiger charge is 2.13. The van der Waals surface area contributed by atoms with Gasteiger partial charge < -0.3 is 20.7 Å². The molecule has 0 unspecified atom stereocenters. The summed E-state index contributed by atoms with van der Waals surface area (Å²) in [6.07, 6.45) is 7.37. The Morgan fingerprint density at radius 2 is 1.92 bits per heavy atom. The van der Waals surface area contributed by atoms with Crippen molar-refractivity contribution in [3.8, 4) is 5.75 Å². The molecule has 0 aromatic heterocycles. The second-order valence-corrected chi connectivity index (χ2v) is 6.83. The van der Waals surface area contributed by atoms with Gasteiger partial charge in [0.1, 0.15) is 5.75 Å². The summed E-state index contributed by atoms with van der Waals surface area (Å²) in [5, 5.41) is 3.34. The minimum atomic E-state index is 0.500. The molecule has 1 aliphatic rings. The predicted octanol–water partition coefficient (Wildman–Crippen LogP) is 2.75. The van der Waals surface area contributed by atoms with E-state index in [9.17, 15) is 0 Å². The molecule has 24 heavy (non-hydrogen) atoms. The van der Waals surface area contributed by atoms with Crippen LogP contribution in [0.1, 0.15) is 44.1 Å². The van der Waals surface area contributed by atoms with Crippen molar-refractivity contribution >= 4 is 5.96 Å². The van der Waals surface area contributed by atoms with Crippen LogP contribution in [0.3, 0.4) is 0 Å². The van der Waals surface area contributed by atoms with Crippen molar-refractivity contribution in [3.05, 3.63) is 29.8 Å². The summed E-state index contributed by atoms with van der Waals surface area (Å²) < 4.78 is 5.74. The number of nitrogens with one attached hydrogen (secondary N) is 1. The third-order valence-electron chi connectivity index (χ3n) is 4.33. The molecular weight excluding hydrogens is 300 g/mol. The first-order valence-corrected chi connectivity index (χ1v) is 9.06. The average Bonchev–Trinajstić information content (AvgIpc) is 2.59. The van der Waals surface area contributed by atoms with E-state index in [-0.39, 0.29) is 0 Å². The largest absolute Gasteiger partial charge is 0.494 e. The molecule has 0 heterocycles. The Morgan fingerprint density at radius 3 is 2.58 bits per heavy atom. The summed E-state index contributed by atoms with van der Waals surface area (Å²) in [6, 6.07) is 8.62. The molecule has 5 nitrogen and oxygen atoms in total. The fraction of sp³-hybridized carbons (Fsp3) is 0.632. The zero-order valence-electron chi connectivity index (χ0n) is 15.1. The normalized spacial score (nSPS) is 16.4. The van der Waals surface area contributed by atoms with Crippen LogP contribution in [-0.4, -0.2) is 44.1 Å².